The average Bonchev–Trinajstić information content (AvgIpc) is 3.15. The predicted molar refractivity (Wildman–Crippen MR) is 111 cm³/mol. The highest BCUT2D eigenvalue weighted by molar-refractivity contribution is 6.31. The lowest BCUT2D eigenvalue weighted by Gasteiger charge is -2.26. The smallest absolute Gasteiger partial charge is 0.234 e. The molecule has 1 N–H and O–H groups in total. The molecule has 2 aromatic rings. The molecule has 1 aliphatic rings. The molecule has 1 heterocycles. The molecular weight excluding hydrogens is 376 g/mol. The normalized spacial score (nSPS) is 17.9. The third-order valence-corrected chi connectivity index (χ3v) is 5.60. The Morgan fingerprint density at radius 1 is 1.25 bits per heavy atom. The van der Waals surface area contributed by atoms with Crippen molar-refractivity contribution >= 4 is 17.5 Å². The van der Waals surface area contributed by atoms with Crippen molar-refractivity contribution in [1.82, 2.24) is 10.2 Å². The van der Waals surface area contributed by atoms with E-state index in [9.17, 15) is 4.79 Å². The van der Waals surface area contributed by atoms with Crippen LogP contribution in [0.3, 0.4) is 0 Å². The Morgan fingerprint density at radius 3 is 2.75 bits per heavy atom. The first-order valence-corrected chi connectivity index (χ1v) is 9.91. The van der Waals surface area contributed by atoms with E-state index in [0.717, 1.165) is 42.0 Å². The number of carbonyl (C=O) groups excluding carboxylic acids is 1. The zero-order chi connectivity index (χ0) is 20.1. The van der Waals surface area contributed by atoms with Crippen LogP contribution >= 0.6 is 11.6 Å². The molecule has 28 heavy (non-hydrogen) atoms. The maximum atomic E-state index is 12.7. The van der Waals surface area contributed by atoms with Gasteiger partial charge in [0.1, 0.15) is 11.5 Å². The first-order chi connectivity index (χ1) is 13.5. The number of benzene rings is 2. The van der Waals surface area contributed by atoms with E-state index in [1.807, 2.05) is 49.4 Å². The topological polar surface area (TPSA) is 50.8 Å². The lowest BCUT2D eigenvalue weighted by atomic mass is 10.0. The minimum Gasteiger partial charge on any atom is -0.497 e. The molecule has 0 radical (unpaired) electrons. The Bertz CT molecular complexity index is 827. The summed E-state index contributed by atoms with van der Waals surface area (Å²) in [7, 11) is 3.30. The number of amides is 1. The Balaban J connectivity index is 1.68. The van der Waals surface area contributed by atoms with E-state index < -0.39 is 0 Å². The van der Waals surface area contributed by atoms with Gasteiger partial charge in [-0.3, -0.25) is 9.69 Å². The summed E-state index contributed by atoms with van der Waals surface area (Å²) < 4.78 is 10.9. The van der Waals surface area contributed by atoms with Crippen molar-refractivity contribution in [3.63, 3.8) is 0 Å². The number of likely N-dealkylation sites (tertiary alicyclic amines) is 1. The van der Waals surface area contributed by atoms with Crippen LogP contribution in [0.1, 0.15) is 43.0 Å². The number of hydrogen-bond donors (Lipinski definition) is 1. The summed E-state index contributed by atoms with van der Waals surface area (Å²) in [6.07, 6.45) is 2.04. The number of carbonyl (C=O) groups is 1. The van der Waals surface area contributed by atoms with Gasteiger partial charge < -0.3 is 14.8 Å². The Hall–Kier alpha value is -2.24. The summed E-state index contributed by atoms with van der Waals surface area (Å²) in [6, 6.07) is 13.5. The summed E-state index contributed by atoms with van der Waals surface area (Å²) >= 11 is 6.25. The van der Waals surface area contributed by atoms with E-state index in [0.29, 0.717) is 11.6 Å². The third kappa shape index (κ3) is 4.59. The van der Waals surface area contributed by atoms with Crippen molar-refractivity contribution in [1.29, 1.82) is 0 Å². The van der Waals surface area contributed by atoms with Crippen LogP contribution < -0.4 is 14.8 Å². The van der Waals surface area contributed by atoms with E-state index in [1.165, 1.54) is 0 Å². The van der Waals surface area contributed by atoms with Crippen molar-refractivity contribution in [2.45, 2.75) is 31.8 Å². The standard InChI is InChI=1S/C22H27ClN2O3/c1-15(17-7-4-5-8-19(17)23)24-22(26)14-25-12-6-9-20(25)18-11-10-16(27-2)13-21(18)28-3/h4-5,7-8,10-11,13,15,20H,6,9,12,14H2,1-3H3,(H,24,26)/t15-,20-/m0/s1. The minimum absolute atomic E-state index is 0.00759. The van der Waals surface area contributed by atoms with Crippen LogP contribution in [0.15, 0.2) is 42.5 Å². The number of halogens is 1. The maximum Gasteiger partial charge on any atom is 0.234 e. The molecular formula is C22H27ClN2O3. The second-order valence-electron chi connectivity index (χ2n) is 7.05. The van der Waals surface area contributed by atoms with Gasteiger partial charge in [0.25, 0.3) is 0 Å². The number of rotatable bonds is 7. The fourth-order valence-electron chi connectivity index (χ4n) is 3.84. The predicted octanol–water partition coefficient (Wildman–Crippen LogP) is 4.37. The van der Waals surface area contributed by atoms with Crippen LogP contribution in [0, 0.1) is 0 Å². The maximum absolute atomic E-state index is 12.7. The van der Waals surface area contributed by atoms with Crippen LogP contribution in [-0.4, -0.2) is 38.1 Å². The summed E-state index contributed by atoms with van der Waals surface area (Å²) in [6.45, 7) is 3.18. The van der Waals surface area contributed by atoms with Gasteiger partial charge in [-0.2, -0.15) is 0 Å². The SMILES string of the molecule is COc1ccc([C@@H]2CCCN2CC(=O)N[C@@H](C)c2ccccc2Cl)c(OC)c1. The van der Waals surface area contributed by atoms with Crippen LogP contribution in [0.25, 0.3) is 0 Å². The fourth-order valence-corrected chi connectivity index (χ4v) is 4.14. The molecule has 3 rings (SSSR count). The molecule has 150 valence electrons. The minimum atomic E-state index is -0.141. The quantitative estimate of drug-likeness (QED) is 0.747. The van der Waals surface area contributed by atoms with Crippen LogP contribution in [0.5, 0.6) is 11.5 Å². The molecule has 1 fully saturated rings. The van der Waals surface area contributed by atoms with Gasteiger partial charge in [-0.15, -0.1) is 0 Å². The Labute approximate surface area is 171 Å². The molecule has 2 atom stereocenters. The number of hydrogen-bond acceptors (Lipinski definition) is 4. The van der Waals surface area contributed by atoms with Gasteiger partial charge in [0, 0.05) is 22.7 Å². The van der Waals surface area contributed by atoms with Gasteiger partial charge in [-0.05, 0) is 44.0 Å². The van der Waals surface area contributed by atoms with Gasteiger partial charge >= 0.3 is 0 Å². The largest absolute Gasteiger partial charge is 0.497 e. The second kappa shape index (κ2) is 9.30. The fraction of sp³-hybridized carbons (Fsp3) is 0.409. The van der Waals surface area contributed by atoms with Gasteiger partial charge in [0.2, 0.25) is 5.91 Å². The molecule has 1 saturated heterocycles. The first-order valence-electron chi connectivity index (χ1n) is 9.53. The molecule has 0 aliphatic carbocycles. The van der Waals surface area contributed by atoms with Gasteiger partial charge in [0.05, 0.1) is 26.8 Å². The molecule has 2 aromatic carbocycles. The Kier molecular flexibility index (Phi) is 6.81. The van der Waals surface area contributed by atoms with Gasteiger partial charge in [-0.1, -0.05) is 35.9 Å². The van der Waals surface area contributed by atoms with Crippen molar-refractivity contribution in [2.75, 3.05) is 27.3 Å². The van der Waals surface area contributed by atoms with Crippen molar-refractivity contribution in [2.24, 2.45) is 0 Å². The number of methoxy groups -OCH3 is 2. The highest BCUT2D eigenvalue weighted by Crippen LogP contribution is 2.38. The third-order valence-electron chi connectivity index (χ3n) is 5.26. The molecule has 1 amide bonds. The summed E-state index contributed by atoms with van der Waals surface area (Å²) in [5.74, 6) is 1.55. The summed E-state index contributed by atoms with van der Waals surface area (Å²) in [5.41, 5.74) is 2.01. The van der Waals surface area contributed by atoms with E-state index in [-0.39, 0.29) is 18.0 Å². The molecule has 0 aromatic heterocycles. The van der Waals surface area contributed by atoms with Gasteiger partial charge in [-0.25, -0.2) is 0 Å². The first kappa shape index (κ1) is 20.5. The highest BCUT2D eigenvalue weighted by atomic mass is 35.5. The van der Waals surface area contributed by atoms with E-state index >= 15 is 0 Å². The van der Waals surface area contributed by atoms with Crippen LogP contribution in [-0.2, 0) is 4.79 Å². The van der Waals surface area contributed by atoms with Crippen molar-refractivity contribution < 1.29 is 14.3 Å². The monoisotopic (exact) mass is 402 g/mol. The zero-order valence-corrected chi connectivity index (χ0v) is 17.3. The Morgan fingerprint density at radius 2 is 2.04 bits per heavy atom. The van der Waals surface area contributed by atoms with Crippen LogP contribution in [0.2, 0.25) is 5.02 Å². The lowest BCUT2D eigenvalue weighted by molar-refractivity contribution is -0.123. The zero-order valence-electron chi connectivity index (χ0n) is 16.6. The molecule has 0 bridgehead atoms. The number of ether oxygens (including phenoxy) is 2. The molecule has 5 nitrogen and oxygen atoms in total. The van der Waals surface area contributed by atoms with E-state index in [1.54, 1.807) is 14.2 Å². The number of nitrogens with zero attached hydrogens (tertiary/aromatic N) is 1. The molecule has 0 saturated carbocycles. The van der Waals surface area contributed by atoms with Crippen molar-refractivity contribution in [3.8, 4) is 11.5 Å². The molecule has 0 spiro atoms. The molecule has 1 aliphatic heterocycles. The van der Waals surface area contributed by atoms with Crippen LogP contribution in [0.4, 0.5) is 0 Å². The molecule has 6 heteroatoms. The summed E-state index contributed by atoms with van der Waals surface area (Å²) in [5, 5.41) is 3.73. The van der Waals surface area contributed by atoms with E-state index in [2.05, 4.69) is 10.2 Å². The van der Waals surface area contributed by atoms with E-state index in [4.69, 9.17) is 21.1 Å². The average molecular weight is 403 g/mol. The highest BCUT2D eigenvalue weighted by Gasteiger charge is 2.30. The molecule has 0 unspecified atom stereocenters. The second-order valence-corrected chi connectivity index (χ2v) is 7.45. The lowest BCUT2D eigenvalue weighted by Crippen LogP contribution is -2.38. The van der Waals surface area contributed by atoms with Gasteiger partial charge in [0.15, 0.2) is 0 Å². The number of nitrogens with one attached hydrogen (secondary N) is 1. The van der Waals surface area contributed by atoms with Crippen molar-refractivity contribution in [3.05, 3.63) is 58.6 Å². The summed E-state index contributed by atoms with van der Waals surface area (Å²) in [4.78, 5) is 14.9.